The molecule has 0 bridgehead atoms. The lowest BCUT2D eigenvalue weighted by molar-refractivity contribution is 0.0531. The van der Waals surface area contributed by atoms with E-state index in [1.54, 1.807) is 38.1 Å². The number of esters is 1. The fourth-order valence-corrected chi connectivity index (χ4v) is 4.60. The zero-order valence-corrected chi connectivity index (χ0v) is 19.3. The average Bonchev–Trinajstić information content (AvgIpc) is 3.16. The molecule has 0 aliphatic heterocycles. The van der Waals surface area contributed by atoms with Gasteiger partial charge in [0.15, 0.2) is 5.69 Å². The number of nitrogens with one attached hydrogen (secondary N) is 1. The summed E-state index contributed by atoms with van der Waals surface area (Å²) in [6.07, 6.45) is 0. The Labute approximate surface area is 199 Å². The molecule has 4 aromatic rings. The maximum Gasteiger partial charge on any atom is 0.348 e. The number of hydrogen-bond donors (Lipinski definition) is 1. The second kappa shape index (κ2) is 9.68. The van der Waals surface area contributed by atoms with E-state index in [-0.39, 0.29) is 39.8 Å². The van der Waals surface area contributed by atoms with Crippen LogP contribution in [0, 0.1) is 18.3 Å². The minimum atomic E-state index is -0.592. The molecule has 9 heteroatoms. The van der Waals surface area contributed by atoms with Gasteiger partial charge < -0.3 is 10.1 Å². The van der Waals surface area contributed by atoms with E-state index in [1.807, 2.05) is 36.4 Å². The SMILES string of the molecule is CCOC(=O)c1sc(NC(=O)c2nn(Cc3ccccc3)c(=O)c3ccccc23)c(C#N)c1C. The van der Waals surface area contributed by atoms with Crippen molar-refractivity contribution in [2.24, 2.45) is 0 Å². The Kier molecular flexibility index (Phi) is 6.52. The summed E-state index contributed by atoms with van der Waals surface area (Å²) in [7, 11) is 0. The van der Waals surface area contributed by atoms with Gasteiger partial charge in [0.05, 0.1) is 24.1 Å². The molecule has 170 valence electrons. The van der Waals surface area contributed by atoms with E-state index in [4.69, 9.17) is 4.74 Å². The standard InChI is InChI=1S/C25H20N4O4S/c1-3-33-25(32)21-15(2)19(13-26)23(34-21)27-22(30)20-17-11-7-8-12-18(17)24(31)29(28-20)14-16-9-5-4-6-10-16/h4-12H,3,14H2,1-2H3,(H,27,30). The van der Waals surface area contributed by atoms with Crippen molar-refractivity contribution >= 4 is 39.0 Å². The quantitative estimate of drug-likeness (QED) is 0.422. The second-order valence-corrected chi connectivity index (χ2v) is 8.41. The zero-order chi connectivity index (χ0) is 24.2. The average molecular weight is 473 g/mol. The Morgan fingerprint density at radius 3 is 2.47 bits per heavy atom. The highest BCUT2D eigenvalue weighted by Crippen LogP contribution is 2.33. The second-order valence-electron chi connectivity index (χ2n) is 7.39. The number of ether oxygens (including phenoxy) is 1. The summed E-state index contributed by atoms with van der Waals surface area (Å²) in [6, 6.07) is 18.1. The highest BCUT2D eigenvalue weighted by atomic mass is 32.1. The Morgan fingerprint density at radius 2 is 1.79 bits per heavy atom. The lowest BCUT2D eigenvalue weighted by Gasteiger charge is -2.11. The lowest BCUT2D eigenvalue weighted by Crippen LogP contribution is -2.28. The van der Waals surface area contributed by atoms with Gasteiger partial charge in [-0.1, -0.05) is 48.5 Å². The van der Waals surface area contributed by atoms with Crippen molar-refractivity contribution in [3.8, 4) is 6.07 Å². The van der Waals surface area contributed by atoms with Gasteiger partial charge in [0, 0.05) is 5.39 Å². The van der Waals surface area contributed by atoms with Gasteiger partial charge in [-0.2, -0.15) is 10.4 Å². The predicted octanol–water partition coefficient (Wildman–Crippen LogP) is 4.12. The topological polar surface area (TPSA) is 114 Å². The fourth-order valence-electron chi connectivity index (χ4n) is 3.56. The Hall–Kier alpha value is -4.29. The lowest BCUT2D eigenvalue weighted by atomic mass is 10.1. The zero-order valence-electron chi connectivity index (χ0n) is 18.5. The van der Waals surface area contributed by atoms with Gasteiger partial charge in [-0.25, -0.2) is 9.48 Å². The van der Waals surface area contributed by atoms with Crippen molar-refractivity contribution in [1.29, 1.82) is 5.26 Å². The van der Waals surface area contributed by atoms with Crippen LogP contribution >= 0.6 is 11.3 Å². The molecule has 0 saturated carbocycles. The van der Waals surface area contributed by atoms with Gasteiger partial charge in [-0.15, -0.1) is 11.3 Å². The van der Waals surface area contributed by atoms with Crippen LogP contribution in [0.25, 0.3) is 10.8 Å². The van der Waals surface area contributed by atoms with Crippen LogP contribution in [-0.4, -0.2) is 28.3 Å². The molecule has 0 unspecified atom stereocenters. The first-order valence-corrected chi connectivity index (χ1v) is 11.3. The number of amides is 1. The normalized spacial score (nSPS) is 10.6. The number of thiophene rings is 1. The molecule has 1 N–H and O–H groups in total. The van der Waals surface area contributed by atoms with Crippen LogP contribution in [0.15, 0.2) is 59.4 Å². The smallest absolute Gasteiger partial charge is 0.348 e. The van der Waals surface area contributed by atoms with Gasteiger partial charge in [0.2, 0.25) is 0 Å². The highest BCUT2D eigenvalue weighted by Gasteiger charge is 2.24. The number of nitrogens with zero attached hydrogens (tertiary/aromatic N) is 3. The number of fused-ring (bicyclic) bond motifs is 1. The minimum absolute atomic E-state index is 0.0405. The number of aromatic nitrogens is 2. The van der Waals surface area contributed by atoms with Crippen molar-refractivity contribution in [3.05, 3.63) is 92.2 Å². The summed E-state index contributed by atoms with van der Waals surface area (Å²) in [6.45, 7) is 3.71. The Morgan fingerprint density at radius 1 is 1.12 bits per heavy atom. The number of carbonyl (C=O) groups is 2. The van der Waals surface area contributed by atoms with Gasteiger partial charge in [-0.05, 0) is 31.0 Å². The maximum absolute atomic E-state index is 13.3. The van der Waals surface area contributed by atoms with Crippen molar-refractivity contribution < 1.29 is 14.3 Å². The number of benzene rings is 2. The Bertz CT molecular complexity index is 1500. The monoisotopic (exact) mass is 472 g/mol. The molecule has 2 aromatic carbocycles. The number of anilines is 1. The van der Waals surface area contributed by atoms with Gasteiger partial charge in [0.25, 0.3) is 11.5 Å². The first kappa shape index (κ1) is 22.9. The van der Waals surface area contributed by atoms with E-state index >= 15 is 0 Å². The number of carbonyl (C=O) groups excluding carboxylic acids is 2. The van der Waals surface area contributed by atoms with Crippen LogP contribution in [0.1, 0.15) is 43.8 Å². The third-order valence-electron chi connectivity index (χ3n) is 5.20. The molecule has 0 saturated heterocycles. The summed E-state index contributed by atoms with van der Waals surface area (Å²) in [5, 5.41) is 17.7. The van der Waals surface area contributed by atoms with Crippen LogP contribution in [-0.2, 0) is 11.3 Å². The molecular formula is C25H20N4O4S. The number of hydrogen-bond acceptors (Lipinski definition) is 7. The van der Waals surface area contributed by atoms with E-state index in [9.17, 15) is 19.6 Å². The molecule has 2 heterocycles. The van der Waals surface area contributed by atoms with Crippen molar-refractivity contribution in [2.45, 2.75) is 20.4 Å². The van der Waals surface area contributed by atoms with E-state index < -0.39 is 11.9 Å². The molecule has 0 aliphatic rings. The molecule has 0 spiro atoms. The van der Waals surface area contributed by atoms with Crippen LogP contribution in [0.3, 0.4) is 0 Å². The van der Waals surface area contributed by atoms with E-state index in [0.717, 1.165) is 16.9 Å². The molecular weight excluding hydrogens is 452 g/mol. The molecule has 0 radical (unpaired) electrons. The van der Waals surface area contributed by atoms with E-state index in [1.165, 1.54) is 4.68 Å². The van der Waals surface area contributed by atoms with Gasteiger partial charge in [0.1, 0.15) is 15.9 Å². The highest BCUT2D eigenvalue weighted by molar-refractivity contribution is 7.18. The van der Waals surface area contributed by atoms with Crippen LogP contribution in [0.2, 0.25) is 0 Å². The molecule has 2 aromatic heterocycles. The summed E-state index contributed by atoms with van der Waals surface area (Å²) in [5.41, 5.74) is 1.21. The first-order chi connectivity index (χ1) is 16.4. The fraction of sp³-hybridized carbons (Fsp3) is 0.160. The molecule has 1 amide bonds. The third-order valence-corrected chi connectivity index (χ3v) is 6.39. The van der Waals surface area contributed by atoms with E-state index in [2.05, 4.69) is 10.4 Å². The summed E-state index contributed by atoms with van der Waals surface area (Å²) in [5.74, 6) is -1.15. The Balaban J connectivity index is 1.77. The first-order valence-electron chi connectivity index (χ1n) is 10.5. The number of nitriles is 1. The number of rotatable bonds is 6. The molecule has 34 heavy (non-hydrogen) atoms. The molecule has 0 aliphatic carbocycles. The van der Waals surface area contributed by atoms with Crippen LogP contribution < -0.4 is 10.9 Å². The summed E-state index contributed by atoms with van der Waals surface area (Å²) in [4.78, 5) is 38.8. The molecule has 8 nitrogen and oxygen atoms in total. The minimum Gasteiger partial charge on any atom is -0.462 e. The molecule has 4 rings (SSSR count). The molecule has 0 fully saturated rings. The largest absolute Gasteiger partial charge is 0.462 e. The predicted molar refractivity (Wildman–Crippen MR) is 129 cm³/mol. The van der Waals surface area contributed by atoms with Gasteiger partial charge >= 0.3 is 5.97 Å². The maximum atomic E-state index is 13.3. The molecule has 0 atom stereocenters. The van der Waals surface area contributed by atoms with Crippen LogP contribution in [0.4, 0.5) is 5.00 Å². The summed E-state index contributed by atoms with van der Waals surface area (Å²) < 4.78 is 6.30. The van der Waals surface area contributed by atoms with Crippen LogP contribution in [0.5, 0.6) is 0 Å². The van der Waals surface area contributed by atoms with E-state index in [0.29, 0.717) is 16.3 Å². The summed E-state index contributed by atoms with van der Waals surface area (Å²) >= 11 is 0.972. The van der Waals surface area contributed by atoms with Gasteiger partial charge in [-0.3, -0.25) is 9.59 Å². The van der Waals surface area contributed by atoms with Crippen molar-refractivity contribution in [3.63, 3.8) is 0 Å². The van der Waals surface area contributed by atoms with Crippen molar-refractivity contribution in [1.82, 2.24) is 9.78 Å². The third kappa shape index (κ3) is 4.31. The van der Waals surface area contributed by atoms with Crippen molar-refractivity contribution in [2.75, 3.05) is 11.9 Å².